The van der Waals surface area contributed by atoms with E-state index in [9.17, 15) is 24.6 Å². The summed E-state index contributed by atoms with van der Waals surface area (Å²) in [5.41, 5.74) is 3.75. The largest absolute Gasteiger partial charge is 0.463 e. The van der Waals surface area contributed by atoms with Crippen LogP contribution in [0.3, 0.4) is 0 Å². The third-order valence-electron chi connectivity index (χ3n) is 9.94. The van der Waals surface area contributed by atoms with Crippen LogP contribution in [0.5, 0.6) is 0 Å². The number of carbonyl (C=O) groups is 3. The van der Waals surface area contributed by atoms with Gasteiger partial charge in [0.05, 0.1) is 33.0 Å². The Hall–Kier alpha value is -5.03. The van der Waals surface area contributed by atoms with Crippen molar-refractivity contribution in [2.45, 2.75) is 109 Å². The Bertz CT molecular complexity index is 1880. The van der Waals surface area contributed by atoms with Crippen molar-refractivity contribution in [3.63, 3.8) is 0 Å². The normalized spacial score (nSPS) is 25.9. The van der Waals surface area contributed by atoms with Crippen LogP contribution >= 0.6 is 0 Å². The number of benzene rings is 4. The van der Waals surface area contributed by atoms with Crippen LogP contribution in [-0.4, -0.2) is 96.6 Å². The van der Waals surface area contributed by atoms with E-state index in [1.54, 1.807) is 0 Å². The lowest BCUT2D eigenvalue weighted by atomic mass is 9.90. The van der Waals surface area contributed by atoms with Crippen LogP contribution in [0.15, 0.2) is 121 Å². The summed E-state index contributed by atoms with van der Waals surface area (Å²) in [5, 5.41) is 20.3. The average molecular weight is 845 g/mol. The molecule has 2 heterocycles. The molecule has 2 fully saturated rings. The zero-order valence-electron chi connectivity index (χ0n) is 34.9. The second-order valence-corrected chi connectivity index (χ2v) is 14.7. The highest BCUT2D eigenvalue weighted by Gasteiger charge is 2.49. The zero-order valence-corrected chi connectivity index (χ0v) is 34.9. The number of hydrogen-bond acceptors (Lipinski definition) is 14. The highest BCUT2D eigenvalue weighted by atomic mass is 16.7. The first-order valence-corrected chi connectivity index (χ1v) is 20.2. The van der Waals surface area contributed by atoms with Gasteiger partial charge in [0, 0.05) is 26.7 Å². The van der Waals surface area contributed by atoms with Crippen LogP contribution in [0, 0.1) is 5.92 Å². The van der Waals surface area contributed by atoms with Crippen molar-refractivity contribution in [2.75, 3.05) is 13.2 Å². The second-order valence-electron chi connectivity index (χ2n) is 14.7. The minimum atomic E-state index is -1.19. The highest BCUT2D eigenvalue weighted by Crippen LogP contribution is 2.33. The molecule has 0 spiro atoms. The molecule has 0 aliphatic carbocycles. The van der Waals surface area contributed by atoms with E-state index >= 15 is 0 Å². The smallest absolute Gasteiger partial charge is 0.303 e. The van der Waals surface area contributed by atoms with Gasteiger partial charge in [-0.05, 0) is 22.3 Å². The molecule has 4 aromatic carbocycles. The van der Waals surface area contributed by atoms with Gasteiger partial charge in [0.2, 0.25) is 0 Å². The van der Waals surface area contributed by atoms with Crippen LogP contribution in [0.1, 0.15) is 49.9 Å². The summed E-state index contributed by atoms with van der Waals surface area (Å²) in [6, 6.07) is 38.2. The maximum atomic E-state index is 11.9. The van der Waals surface area contributed by atoms with Gasteiger partial charge in [0.25, 0.3) is 0 Å². The molecule has 2 aliphatic heterocycles. The average Bonchev–Trinajstić information content (AvgIpc) is 3.26. The number of hydrogen-bond donors (Lipinski definition) is 2. The summed E-state index contributed by atoms with van der Waals surface area (Å²) in [6.45, 7) is 6.53. The molecular weight excluding hydrogens is 789 g/mol. The topological polar surface area (TPSA) is 175 Å². The Labute approximate surface area is 356 Å². The van der Waals surface area contributed by atoms with E-state index in [1.807, 2.05) is 128 Å². The molecule has 14 nitrogen and oxygen atoms in total. The molecule has 2 N–H and O–H groups in total. The van der Waals surface area contributed by atoms with Crippen molar-refractivity contribution in [3.05, 3.63) is 144 Å². The van der Waals surface area contributed by atoms with Gasteiger partial charge in [-0.25, -0.2) is 0 Å². The molecule has 6 rings (SSSR count). The predicted octanol–water partition coefficient (Wildman–Crippen LogP) is 5.44. The molecule has 0 aromatic heterocycles. The minimum Gasteiger partial charge on any atom is -0.463 e. The molecule has 4 aromatic rings. The van der Waals surface area contributed by atoms with Gasteiger partial charge in [0.15, 0.2) is 24.8 Å². The maximum absolute atomic E-state index is 11.9. The van der Waals surface area contributed by atoms with Crippen LogP contribution in [0.25, 0.3) is 0 Å². The van der Waals surface area contributed by atoms with E-state index in [0.29, 0.717) is 6.61 Å². The Morgan fingerprint density at radius 2 is 0.869 bits per heavy atom. The minimum absolute atomic E-state index is 0.0552. The fourth-order valence-electron chi connectivity index (χ4n) is 6.85. The number of rotatable bonds is 17. The SMILES string of the molecule is CC(=O)OC1C(OCc2ccccc2)OC(CO)C(O)C1OCc1ccccc1.CC(=O)OCC1OC(OCc2ccccc2)C(OC(C)=O)C(OCc2ccccc2)C1C. The van der Waals surface area contributed by atoms with E-state index in [4.69, 9.17) is 42.6 Å². The van der Waals surface area contributed by atoms with Gasteiger partial charge in [-0.3, -0.25) is 14.4 Å². The fraction of sp³-hybridized carbons (Fsp3) is 0.426. The van der Waals surface area contributed by atoms with E-state index in [1.165, 1.54) is 20.8 Å². The monoisotopic (exact) mass is 844 g/mol. The van der Waals surface area contributed by atoms with Gasteiger partial charge in [-0.15, -0.1) is 0 Å². The molecule has 14 heteroatoms. The molecular formula is C47H56O14. The highest BCUT2D eigenvalue weighted by molar-refractivity contribution is 5.67. The van der Waals surface area contributed by atoms with Crippen molar-refractivity contribution in [1.29, 1.82) is 0 Å². The van der Waals surface area contributed by atoms with Crippen LogP contribution in [0.2, 0.25) is 0 Å². The first-order valence-electron chi connectivity index (χ1n) is 20.2. The summed E-state index contributed by atoms with van der Waals surface area (Å²) in [5.74, 6) is -1.62. The maximum Gasteiger partial charge on any atom is 0.303 e. The van der Waals surface area contributed by atoms with Crippen LogP contribution in [-0.2, 0) is 83.4 Å². The summed E-state index contributed by atoms with van der Waals surface area (Å²) < 4.78 is 52.0. The van der Waals surface area contributed by atoms with Crippen LogP contribution < -0.4 is 0 Å². The first-order chi connectivity index (χ1) is 29.5. The van der Waals surface area contributed by atoms with E-state index in [-0.39, 0.29) is 32.3 Å². The quantitative estimate of drug-likeness (QED) is 0.102. The van der Waals surface area contributed by atoms with E-state index in [2.05, 4.69) is 0 Å². The summed E-state index contributed by atoms with van der Waals surface area (Å²) in [6.07, 6.45) is -7.68. The standard InChI is InChI=1S/C25H30O7.C22H26O7/c1-17-22(16-28-18(2)26)32-25(30-15-21-12-8-5-9-13-21)24(31-19(3)27)23(17)29-14-20-10-6-4-7-11-20;1-15(24)28-21-20(26-13-16-8-4-2-5-9-16)19(25)18(12-23)29-22(21)27-14-17-10-6-3-7-11-17/h4-13,17,22-25H,14-16H2,1-3H3;2-11,18-23,25H,12-14H2,1H3. The number of carbonyl (C=O) groups excluding carboxylic acids is 3. The van der Waals surface area contributed by atoms with Gasteiger partial charge >= 0.3 is 17.9 Å². The predicted molar refractivity (Wildman–Crippen MR) is 220 cm³/mol. The van der Waals surface area contributed by atoms with Crippen LogP contribution in [0.4, 0.5) is 0 Å². The van der Waals surface area contributed by atoms with Crippen molar-refractivity contribution in [1.82, 2.24) is 0 Å². The van der Waals surface area contributed by atoms with E-state index in [0.717, 1.165) is 22.3 Å². The van der Waals surface area contributed by atoms with Gasteiger partial charge in [-0.1, -0.05) is 128 Å². The van der Waals surface area contributed by atoms with Gasteiger partial charge in [-0.2, -0.15) is 0 Å². The molecule has 0 radical (unpaired) electrons. The molecule has 0 saturated carbocycles. The number of aliphatic hydroxyl groups excluding tert-OH is 2. The summed E-state index contributed by atoms with van der Waals surface area (Å²) in [7, 11) is 0. The van der Waals surface area contributed by atoms with Crippen molar-refractivity contribution in [2.24, 2.45) is 5.92 Å². The molecule has 10 atom stereocenters. The summed E-state index contributed by atoms with van der Waals surface area (Å²) in [4.78, 5) is 35.0. The van der Waals surface area contributed by atoms with Crippen molar-refractivity contribution in [3.8, 4) is 0 Å². The lowest BCUT2D eigenvalue weighted by molar-refractivity contribution is -0.314. The molecule has 61 heavy (non-hydrogen) atoms. The Balaban J connectivity index is 0.000000232. The Morgan fingerprint density at radius 1 is 0.508 bits per heavy atom. The molecule has 0 bridgehead atoms. The zero-order chi connectivity index (χ0) is 43.6. The van der Waals surface area contributed by atoms with Gasteiger partial charge < -0.3 is 52.8 Å². The number of ether oxygens (including phenoxy) is 9. The molecule has 0 amide bonds. The van der Waals surface area contributed by atoms with Crippen molar-refractivity contribution < 1.29 is 67.2 Å². The first kappa shape index (κ1) is 47.0. The summed E-state index contributed by atoms with van der Waals surface area (Å²) >= 11 is 0. The second kappa shape index (κ2) is 24.4. The molecule has 2 aliphatic rings. The lowest BCUT2D eigenvalue weighted by Crippen LogP contribution is -2.61. The molecule has 2 saturated heterocycles. The third kappa shape index (κ3) is 14.8. The van der Waals surface area contributed by atoms with Gasteiger partial charge in [0.1, 0.15) is 37.1 Å². The molecule has 10 unspecified atom stereocenters. The number of aliphatic hydroxyl groups is 2. The number of esters is 3. The Morgan fingerprint density at radius 3 is 1.25 bits per heavy atom. The van der Waals surface area contributed by atoms with Crippen molar-refractivity contribution >= 4 is 17.9 Å². The third-order valence-corrected chi connectivity index (χ3v) is 9.94. The lowest BCUT2D eigenvalue weighted by Gasteiger charge is -2.44. The van der Waals surface area contributed by atoms with E-state index < -0.39 is 79.8 Å². The Kier molecular flexibility index (Phi) is 18.8. The molecule has 328 valence electrons. The fourth-order valence-corrected chi connectivity index (χ4v) is 6.85.